The monoisotopic (exact) mass is 386 g/mol. The molecule has 0 radical (unpaired) electrons. The van der Waals surface area contributed by atoms with E-state index in [2.05, 4.69) is 10.3 Å². The van der Waals surface area contributed by atoms with Crippen LogP contribution in [0.4, 0.5) is 5.69 Å². The van der Waals surface area contributed by atoms with Gasteiger partial charge in [0.25, 0.3) is 5.91 Å². The number of para-hydroxylation sites is 1. The molecule has 0 fully saturated rings. The van der Waals surface area contributed by atoms with Gasteiger partial charge in [0.15, 0.2) is 5.43 Å². The molecule has 2 aromatic heterocycles. The predicted octanol–water partition coefficient (Wildman–Crippen LogP) is 4.51. The van der Waals surface area contributed by atoms with Gasteiger partial charge in [0, 0.05) is 30.2 Å². The van der Waals surface area contributed by atoms with E-state index in [0.29, 0.717) is 45.9 Å². The summed E-state index contributed by atoms with van der Waals surface area (Å²) in [6, 6.07) is 17.1. The predicted molar refractivity (Wildman–Crippen MR) is 111 cm³/mol. The maximum absolute atomic E-state index is 12.6. The summed E-state index contributed by atoms with van der Waals surface area (Å²) in [5, 5.41) is 3.23. The average Bonchev–Trinajstić information content (AvgIpc) is 2.75. The van der Waals surface area contributed by atoms with E-state index in [-0.39, 0.29) is 11.3 Å². The van der Waals surface area contributed by atoms with Gasteiger partial charge in [-0.1, -0.05) is 12.1 Å². The quantitative estimate of drug-likeness (QED) is 0.546. The average molecular weight is 386 g/mol. The summed E-state index contributed by atoms with van der Waals surface area (Å²) in [6.07, 6.45) is 3.09. The van der Waals surface area contributed by atoms with Crippen molar-refractivity contribution < 1.29 is 13.9 Å². The van der Waals surface area contributed by atoms with Crippen LogP contribution in [0.25, 0.3) is 22.3 Å². The molecule has 0 aliphatic heterocycles. The molecule has 0 bridgehead atoms. The molecule has 1 N–H and O–H groups in total. The highest BCUT2D eigenvalue weighted by atomic mass is 16.5. The molecule has 0 saturated carbocycles. The van der Waals surface area contributed by atoms with Crippen LogP contribution in [0, 0.1) is 0 Å². The summed E-state index contributed by atoms with van der Waals surface area (Å²) >= 11 is 0. The second-order valence-electron chi connectivity index (χ2n) is 6.31. The Morgan fingerprint density at radius 3 is 2.76 bits per heavy atom. The van der Waals surface area contributed by atoms with Crippen LogP contribution in [0.2, 0.25) is 0 Å². The van der Waals surface area contributed by atoms with Crippen molar-refractivity contribution in [2.24, 2.45) is 0 Å². The number of pyridine rings is 1. The lowest BCUT2D eigenvalue weighted by Crippen LogP contribution is -2.12. The summed E-state index contributed by atoms with van der Waals surface area (Å²) in [5.74, 6) is 0.749. The van der Waals surface area contributed by atoms with Gasteiger partial charge in [-0.3, -0.25) is 14.6 Å². The Morgan fingerprint density at radius 1 is 1.10 bits per heavy atom. The van der Waals surface area contributed by atoms with E-state index in [1.807, 2.05) is 31.2 Å². The Bertz CT molecular complexity index is 1230. The Morgan fingerprint density at radius 2 is 1.97 bits per heavy atom. The number of nitrogens with one attached hydrogen (secondary N) is 1. The van der Waals surface area contributed by atoms with Crippen LogP contribution in [0.5, 0.6) is 5.75 Å². The first-order valence-corrected chi connectivity index (χ1v) is 9.17. The number of amides is 1. The Hall–Kier alpha value is -3.93. The molecule has 144 valence electrons. The number of rotatable bonds is 5. The number of ether oxygens (including phenoxy) is 1. The standard InChI is InChI=1S/C23H18N2O4/c1-2-28-20-8-4-3-7-18(20)22-13-19(26)17-10-9-16(12-21(17)29-22)25-23(27)15-6-5-11-24-14-15/h3-14H,2H2,1H3,(H,25,27). The van der Waals surface area contributed by atoms with Crippen LogP contribution in [-0.2, 0) is 0 Å². The molecule has 1 amide bonds. The lowest BCUT2D eigenvalue weighted by Gasteiger charge is -2.10. The van der Waals surface area contributed by atoms with Crippen molar-refractivity contribution in [2.45, 2.75) is 6.92 Å². The summed E-state index contributed by atoms with van der Waals surface area (Å²) < 4.78 is 11.6. The van der Waals surface area contributed by atoms with E-state index in [4.69, 9.17) is 9.15 Å². The van der Waals surface area contributed by atoms with Crippen molar-refractivity contribution in [3.8, 4) is 17.1 Å². The third-order valence-electron chi connectivity index (χ3n) is 4.36. The molecule has 0 aliphatic rings. The van der Waals surface area contributed by atoms with Crippen molar-refractivity contribution in [2.75, 3.05) is 11.9 Å². The molecule has 2 heterocycles. The van der Waals surface area contributed by atoms with Gasteiger partial charge in [-0.15, -0.1) is 0 Å². The zero-order chi connectivity index (χ0) is 20.2. The second-order valence-corrected chi connectivity index (χ2v) is 6.31. The summed E-state index contributed by atoms with van der Waals surface area (Å²) in [5.41, 5.74) is 1.86. The molecular formula is C23H18N2O4. The Labute approximate surface area is 166 Å². The number of anilines is 1. The fourth-order valence-corrected chi connectivity index (χ4v) is 3.02. The minimum atomic E-state index is -0.294. The summed E-state index contributed by atoms with van der Waals surface area (Å²) in [7, 11) is 0. The number of hydrogen-bond donors (Lipinski definition) is 1. The second kappa shape index (κ2) is 7.98. The number of carbonyl (C=O) groups excluding carboxylic acids is 1. The molecule has 0 unspecified atom stereocenters. The fraction of sp³-hybridized carbons (Fsp3) is 0.0870. The van der Waals surface area contributed by atoms with Crippen LogP contribution in [0.1, 0.15) is 17.3 Å². The van der Waals surface area contributed by atoms with Crippen LogP contribution in [-0.4, -0.2) is 17.5 Å². The highest BCUT2D eigenvalue weighted by Gasteiger charge is 2.13. The maximum Gasteiger partial charge on any atom is 0.257 e. The normalized spacial score (nSPS) is 10.7. The lowest BCUT2D eigenvalue weighted by atomic mass is 10.1. The van der Waals surface area contributed by atoms with Crippen LogP contribution < -0.4 is 15.5 Å². The van der Waals surface area contributed by atoms with Gasteiger partial charge < -0.3 is 14.5 Å². The fourth-order valence-electron chi connectivity index (χ4n) is 3.02. The van der Waals surface area contributed by atoms with Crippen LogP contribution in [0.15, 0.2) is 82.3 Å². The molecule has 0 aliphatic carbocycles. The molecule has 0 atom stereocenters. The molecular weight excluding hydrogens is 368 g/mol. The molecule has 4 rings (SSSR count). The number of hydrogen-bond acceptors (Lipinski definition) is 5. The van der Waals surface area contributed by atoms with Crippen molar-refractivity contribution in [1.82, 2.24) is 4.98 Å². The van der Waals surface area contributed by atoms with Gasteiger partial charge in [0.2, 0.25) is 0 Å². The van der Waals surface area contributed by atoms with Gasteiger partial charge in [-0.05, 0) is 43.3 Å². The van der Waals surface area contributed by atoms with Crippen LogP contribution in [0.3, 0.4) is 0 Å². The van der Waals surface area contributed by atoms with E-state index in [1.165, 1.54) is 12.3 Å². The van der Waals surface area contributed by atoms with Gasteiger partial charge in [0.1, 0.15) is 17.1 Å². The first-order chi connectivity index (χ1) is 14.2. The third-order valence-corrected chi connectivity index (χ3v) is 4.36. The number of benzene rings is 2. The Kier molecular flexibility index (Phi) is 5.07. The van der Waals surface area contributed by atoms with Gasteiger partial charge in [-0.2, -0.15) is 0 Å². The minimum absolute atomic E-state index is 0.169. The summed E-state index contributed by atoms with van der Waals surface area (Å²) in [4.78, 5) is 28.9. The van der Waals surface area contributed by atoms with Crippen molar-refractivity contribution in [1.29, 1.82) is 0 Å². The minimum Gasteiger partial charge on any atom is -0.493 e. The molecule has 6 heteroatoms. The van der Waals surface area contributed by atoms with E-state index in [0.717, 1.165) is 0 Å². The molecule has 0 saturated heterocycles. The number of nitrogens with zero attached hydrogens (tertiary/aromatic N) is 1. The van der Waals surface area contributed by atoms with Crippen LogP contribution >= 0.6 is 0 Å². The molecule has 6 nitrogen and oxygen atoms in total. The van der Waals surface area contributed by atoms with E-state index < -0.39 is 0 Å². The van der Waals surface area contributed by atoms with E-state index in [9.17, 15) is 9.59 Å². The largest absolute Gasteiger partial charge is 0.493 e. The lowest BCUT2D eigenvalue weighted by molar-refractivity contribution is 0.102. The number of aromatic nitrogens is 1. The van der Waals surface area contributed by atoms with E-state index in [1.54, 1.807) is 36.5 Å². The van der Waals surface area contributed by atoms with Crippen molar-refractivity contribution in [3.63, 3.8) is 0 Å². The first kappa shape index (κ1) is 18.4. The van der Waals surface area contributed by atoms with Gasteiger partial charge >= 0.3 is 0 Å². The molecule has 2 aromatic carbocycles. The smallest absolute Gasteiger partial charge is 0.257 e. The highest BCUT2D eigenvalue weighted by Crippen LogP contribution is 2.31. The zero-order valence-corrected chi connectivity index (χ0v) is 15.7. The van der Waals surface area contributed by atoms with Gasteiger partial charge in [0.05, 0.1) is 23.1 Å². The number of fused-ring (bicyclic) bond motifs is 1. The van der Waals surface area contributed by atoms with Crippen molar-refractivity contribution >= 4 is 22.6 Å². The molecule has 29 heavy (non-hydrogen) atoms. The maximum atomic E-state index is 12.6. The van der Waals surface area contributed by atoms with Crippen molar-refractivity contribution in [3.05, 3.63) is 88.8 Å². The topological polar surface area (TPSA) is 81.4 Å². The number of carbonyl (C=O) groups is 1. The Balaban J connectivity index is 1.73. The van der Waals surface area contributed by atoms with E-state index >= 15 is 0 Å². The zero-order valence-electron chi connectivity index (χ0n) is 15.7. The first-order valence-electron chi connectivity index (χ1n) is 9.17. The molecule has 0 spiro atoms. The SMILES string of the molecule is CCOc1ccccc1-c1cc(=O)c2ccc(NC(=O)c3cccnc3)cc2o1. The summed E-state index contributed by atoms with van der Waals surface area (Å²) in [6.45, 7) is 2.39. The van der Waals surface area contributed by atoms with Gasteiger partial charge in [-0.25, -0.2) is 0 Å². The third kappa shape index (κ3) is 3.87. The highest BCUT2D eigenvalue weighted by molar-refractivity contribution is 6.04. The molecule has 4 aromatic rings.